The van der Waals surface area contributed by atoms with Crippen molar-refractivity contribution in [3.63, 3.8) is 0 Å². The van der Waals surface area contributed by atoms with Gasteiger partial charge in [-0.25, -0.2) is 4.79 Å². The second-order valence-electron chi connectivity index (χ2n) is 5.57. The van der Waals surface area contributed by atoms with E-state index in [0.717, 1.165) is 5.56 Å². The van der Waals surface area contributed by atoms with Crippen molar-refractivity contribution in [3.8, 4) is 0 Å². The highest BCUT2D eigenvalue weighted by Gasteiger charge is 2.24. The Morgan fingerprint density at radius 3 is 2.27 bits per heavy atom. The number of hydrogen-bond donors (Lipinski definition) is 2. The van der Waals surface area contributed by atoms with Crippen LogP contribution in [0.2, 0.25) is 0 Å². The molecule has 5 nitrogen and oxygen atoms in total. The minimum absolute atomic E-state index is 0. The normalized spacial score (nSPS) is 13.0. The molecule has 0 spiro atoms. The molecule has 22 heavy (non-hydrogen) atoms. The van der Waals surface area contributed by atoms with Crippen molar-refractivity contribution in [3.05, 3.63) is 35.9 Å². The van der Waals surface area contributed by atoms with Gasteiger partial charge in [0.2, 0.25) is 5.91 Å². The van der Waals surface area contributed by atoms with Gasteiger partial charge in [0, 0.05) is 0 Å². The third kappa shape index (κ3) is 7.43. The predicted molar refractivity (Wildman–Crippen MR) is 88.5 cm³/mol. The Morgan fingerprint density at radius 2 is 1.77 bits per heavy atom. The van der Waals surface area contributed by atoms with Gasteiger partial charge in [0.25, 0.3) is 0 Å². The molecule has 0 radical (unpaired) electrons. The third-order valence-corrected chi connectivity index (χ3v) is 2.95. The van der Waals surface area contributed by atoms with E-state index >= 15 is 0 Å². The molecule has 2 unspecified atom stereocenters. The summed E-state index contributed by atoms with van der Waals surface area (Å²) in [6, 6.07) is 8.11. The van der Waals surface area contributed by atoms with Crippen LogP contribution in [0, 0.1) is 5.92 Å². The maximum absolute atomic E-state index is 12.1. The van der Waals surface area contributed by atoms with Crippen molar-refractivity contribution in [2.45, 2.75) is 45.9 Å². The lowest BCUT2D eigenvalue weighted by molar-refractivity contribution is -0.149. The molecule has 124 valence electrons. The molecule has 0 aliphatic rings. The van der Waals surface area contributed by atoms with Crippen LogP contribution in [0.15, 0.2) is 30.3 Å². The van der Waals surface area contributed by atoms with Gasteiger partial charge in [0.15, 0.2) is 0 Å². The lowest BCUT2D eigenvalue weighted by Crippen LogP contribution is -2.48. The number of carbonyl (C=O) groups excluding carboxylic acids is 2. The zero-order valence-corrected chi connectivity index (χ0v) is 14.1. The van der Waals surface area contributed by atoms with E-state index in [1.54, 1.807) is 6.92 Å². The SMILES string of the molecule is CC(C)CC(NC(=O)C(C)N)C(=O)OCc1ccccc1.Cl. The van der Waals surface area contributed by atoms with Gasteiger partial charge in [0.1, 0.15) is 12.6 Å². The molecule has 0 bridgehead atoms. The van der Waals surface area contributed by atoms with Crippen LogP contribution < -0.4 is 11.1 Å². The molecular weight excluding hydrogens is 304 g/mol. The number of amides is 1. The molecule has 1 amide bonds. The van der Waals surface area contributed by atoms with Gasteiger partial charge >= 0.3 is 5.97 Å². The summed E-state index contributed by atoms with van der Waals surface area (Å²) in [5.41, 5.74) is 6.43. The van der Waals surface area contributed by atoms with Crippen LogP contribution in [0.5, 0.6) is 0 Å². The summed E-state index contributed by atoms with van der Waals surface area (Å²) >= 11 is 0. The van der Waals surface area contributed by atoms with Crippen LogP contribution in [-0.4, -0.2) is 24.0 Å². The highest BCUT2D eigenvalue weighted by molar-refractivity contribution is 5.87. The van der Waals surface area contributed by atoms with Crippen molar-refractivity contribution in [2.24, 2.45) is 11.7 Å². The van der Waals surface area contributed by atoms with Gasteiger partial charge in [0.05, 0.1) is 6.04 Å². The Kier molecular flexibility index (Phi) is 9.45. The summed E-state index contributed by atoms with van der Waals surface area (Å²) in [6.07, 6.45) is 0.520. The van der Waals surface area contributed by atoms with Crippen LogP contribution in [0.1, 0.15) is 32.8 Å². The van der Waals surface area contributed by atoms with Crippen LogP contribution in [0.4, 0.5) is 0 Å². The molecule has 1 aromatic carbocycles. The zero-order valence-electron chi connectivity index (χ0n) is 13.2. The van der Waals surface area contributed by atoms with Crippen molar-refractivity contribution < 1.29 is 14.3 Å². The van der Waals surface area contributed by atoms with E-state index in [0.29, 0.717) is 6.42 Å². The highest BCUT2D eigenvalue weighted by Crippen LogP contribution is 2.09. The first-order valence-electron chi connectivity index (χ1n) is 7.16. The monoisotopic (exact) mass is 328 g/mol. The van der Waals surface area contributed by atoms with Gasteiger partial charge < -0.3 is 15.8 Å². The third-order valence-electron chi connectivity index (χ3n) is 2.95. The van der Waals surface area contributed by atoms with Gasteiger partial charge in [-0.05, 0) is 24.8 Å². The number of nitrogens with one attached hydrogen (secondary N) is 1. The number of halogens is 1. The minimum Gasteiger partial charge on any atom is -0.459 e. The molecule has 1 rings (SSSR count). The predicted octanol–water partition coefficient (Wildman–Crippen LogP) is 2.03. The van der Waals surface area contributed by atoms with E-state index < -0.39 is 18.1 Å². The zero-order chi connectivity index (χ0) is 15.8. The molecule has 0 saturated heterocycles. The summed E-state index contributed by atoms with van der Waals surface area (Å²) < 4.78 is 5.28. The first-order valence-corrected chi connectivity index (χ1v) is 7.16. The lowest BCUT2D eigenvalue weighted by Gasteiger charge is -2.20. The molecule has 3 N–H and O–H groups in total. The van der Waals surface area contributed by atoms with Gasteiger partial charge in [-0.3, -0.25) is 4.79 Å². The fourth-order valence-corrected chi connectivity index (χ4v) is 1.82. The lowest BCUT2D eigenvalue weighted by atomic mass is 10.0. The molecular formula is C16H25ClN2O3. The van der Waals surface area contributed by atoms with Crippen LogP contribution in [-0.2, 0) is 20.9 Å². The maximum atomic E-state index is 12.1. The number of esters is 1. The number of benzene rings is 1. The Balaban J connectivity index is 0.00000441. The van der Waals surface area contributed by atoms with Crippen molar-refractivity contribution in [1.29, 1.82) is 0 Å². The molecule has 0 saturated carbocycles. The highest BCUT2D eigenvalue weighted by atomic mass is 35.5. The minimum atomic E-state index is -0.660. The van der Waals surface area contributed by atoms with Crippen molar-refractivity contribution >= 4 is 24.3 Å². The van der Waals surface area contributed by atoms with Crippen LogP contribution >= 0.6 is 12.4 Å². The van der Waals surface area contributed by atoms with Gasteiger partial charge in [-0.2, -0.15) is 0 Å². The van der Waals surface area contributed by atoms with E-state index in [1.807, 2.05) is 44.2 Å². The Bertz CT molecular complexity index is 464. The Labute approximate surface area is 138 Å². The van der Waals surface area contributed by atoms with Crippen molar-refractivity contribution in [1.82, 2.24) is 5.32 Å². The fraction of sp³-hybridized carbons (Fsp3) is 0.500. The first-order chi connectivity index (χ1) is 9.90. The van der Waals surface area contributed by atoms with Crippen molar-refractivity contribution in [2.75, 3.05) is 0 Å². The molecule has 0 fully saturated rings. The Hall–Kier alpha value is -1.59. The molecule has 0 aliphatic carbocycles. The summed E-state index contributed by atoms with van der Waals surface area (Å²) in [6.45, 7) is 5.74. The quantitative estimate of drug-likeness (QED) is 0.750. The molecule has 6 heteroatoms. The maximum Gasteiger partial charge on any atom is 0.328 e. The average Bonchev–Trinajstić information content (AvgIpc) is 2.44. The number of nitrogens with two attached hydrogens (primary N) is 1. The Morgan fingerprint density at radius 1 is 1.18 bits per heavy atom. The van der Waals surface area contributed by atoms with E-state index in [1.165, 1.54) is 0 Å². The molecule has 1 aromatic rings. The van der Waals surface area contributed by atoms with E-state index in [2.05, 4.69) is 5.32 Å². The topological polar surface area (TPSA) is 81.4 Å². The number of rotatable bonds is 7. The molecule has 2 atom stereocenters. The largest absolute Gasteiger partial charge is 0.459 e. The number of ether oxygens (including phenoxy) is 1. The molecule has 0 aliphatic heterocycles. The standard InChI is InChI=1S/C16H24N2O3.ClH/c1-11(2)9-14(18-15(19)12(3)17)16(20)21-10-13-7-5-4-6-8-13;/h4-8,11-12,14H,9-10,17H2,1-3H3,(H,18,19);1H. The fourth-order valence-electron chi connectivity index (χ4n) is 1.82. The van der Waals surface area contributed by atoms with Crippen LogP contribution in [0.3, 0.4) is 0 Å². The first kappa shape index (κ1) is 20.4. The van der Waals surface area contributed by atoms with E-state index in [4.69, 9.17) is 10.5 Å². The van der Waals surface area contributed by atoms with E-state index in [9.17, 15) is 9.59 Å². The van der Waals surface area contributed by atoms with Gasteiger partial charge in [-0.1, -0.05) is 44.2 Å². The van der Waals surface area contributed by atoms with Gasteiger partial charge in [-0.15, -0.1) is 12.4 Å². The molecule has 0 aromatic heterocycles. The molecule has 0 heterocycles. The second-order valence-corrected chi connectivity index (χ2v) is 5.57. The summed E-state index contributed by atoms with van der Waals surface area (Å²) in [4.78, 5) is 23.8. The number of carbonyl (C=O) groups is 2. The smallest absolute Gasteiger partial charge is 0.328 e. The summed E-state index contributed by atoms with van der Waals surface area (Å²) in [5, 5.41) is 2.65. The summed E-state index contributed by atoms with van der Waals surface area (Å²) in [7, 11) is 0. The average molecular weight is 329 g/mol. The summed E-state index contributed by atoms with van der Waals surface area (Å²) in [5.74, 6) is -0.522. The van der Waals surface area contributed by atoms with E-state index in [-0.39, 0.29) is 30.8 Å². The second kappa shape index (κ2) is 10.2. The number of hydrogen-bond acceptors (Lipinski definition) is 4. The van der Waals surface area contributed by atoms with Crippen LogP contribution in [0.25, 0.3) is 0 Å².